The van der Waals surface area contributed by atoms with Gasteiger partial charge < -0.3 is 19.7 Å². The number of likely N-dealkylation sites (N-methyl/N-ethyl adjacent to an activating group) is 1. The summed E-state index contributed by atoms with van der Waals surface area (Å²) in [5.41, 5.74) is 0.232. The largest absolute Gasteiger partial charge is 0.419 e. The van der Waals surface area contributed by atoms with E-state index in [2.05, 4.69) is 26.8 Å². The molecule has 1 fully saturated rings. The van der Waals surface area contributed by atoms with Crippen LogP contribution in [0.4, 0.5) is 29.2 Å². The molecule has 200 valence electrons. The molecule has 1 aromatic carbocycles. The van der Waals surface area contributed by atoms with Gasteiger partial charge >= 0.3 is 6.18 Å². The molecule has 4 heterocycles. The van der Waals surface area contributed by atoms with Crippen molar-refractivity contribution < 1.29 is 22.4 Å². The van der Waals surface area contributed by atoms with Gasteiger partial charge in [0.1, 0.15) is 29.6 Å². The molecule has 1 N–H and O–H groups in total. The number of aromatic nitrogens is 4. The van der Waals surface area contributed by atoms with E-state index >= 15 is 0 Å². The van der Waals surface area contributed by atoms with Gasteiger partial charge in [0.2, 0.25) is 0 Å². The van der Waals surface area contributed by atoms with Crippen molar-refractivity contribution in [2.45, 2.75) is 31.5 Å². The van der Waals surface area contributed by atoms with Crippen LogP contribution in [0.5, 0.6) is 0 Å². The number of benzene rings is 1. The van der Waals surface area contributed by atoms with E-state index in [9.17, 15) is 22.4 Å². The fraction of sp³-hybridized carbons (Fsp3) is 0.385. The Morgan fingerprint density at radius 2 is 1.92 bits per heavy atom. The molecule has 1 amide bonds. The summed E-state index contributed by atoms with van der Waals surface area (Å²) in [5, 5.41) is 2.70. The number of imidazole rings is 1. The topological polar surface area (TPSA) is 79.2 Å². The third-order valence-electron chi connectivity index (χ3n) is 6.96. The first kappa shape index (κ1) is 25.8. The van der Waals surface area contributed by atoms with E-state index in [1.165, 1.54) is 12.4 Å². The molecule has 8 nitrogen and oxygen atoms in total. The summed E-state index contributed by atoms with van der Waals surface area (Å²) in [6.07, 6.45) is -0.186. The van der Waals surface area contributed by atoms with E-state index in [0.29, 0.717) is 48.1 Å². The first-order valence-electron chi connectivity index (χ1n) is 12.2. The maximum atomic E-state index is 13.9. The van der Waals surface area contributed by atoms with E-state index in [-0.39, 0.29) is 17.4 Å². The van der Waals surface area contributed by atoms with Crippen molar-refractivity contribution in [1.82, 2.24) is 24.4 Å². The highest BCUT2D eigenvalue weighted by Gasteiger charge is 2.35. The summed E-state index contributed by atoms with van der Waals surface area (Å²) in [6.45, 7) is 6.47. The van der Waals surface area contributed by atoms with Gasteiger partial charge in [0.15, 0.2) is 0 Å². The van der Waals surface area contributed by atoms with Crippen LogP contribution in [0.25, 0.3) is 16.8 Å². The molecule has 1 saturated heterocycles. The summed E-state index contributed by atoms with van der Waals surface area (Å²) >= 11 is 0. The molecular formula is C26H27F4N7O. The number of nitrogens with zero attached hydrogens (tertiary/aromatic N) is 6. The van der Waals surface area contributed by atoms with E-state index in [1.54, 1.807) is 6.20 Å². The monoisotopic (exact) mass is 529 g/mol. The lowest BCUT2D eigenvalue weighted by atomic mass is 9.95. The molecule has 38 heavy (non-hydrogen) atoms. The van der Waals surface area contributed by atoms with Crippen LogP contribution in [0.1, 0.15) is 35.7 Å². The van der Waals surface area contributed by atoms with Gasteiger partial charge in [-0.3, -0.25) is 4.79 Å². The lowest BCUT2D eigenvalue weighted by Crippen LogP contribution is -2.35. The number of nitrogens with one attached hydrogen (secondary N) is 1. The van der Waals surface area contributed by atoms with E-state index in [1.807, 2.05) is 23.6 Å². The fourth-order valence-corrected chi connectivity index (χ4v) is 4.92. The molecule has 12 heteroatoms. The van der Waals surface area contributed by atoms with E-state index in [0.717, 1.165) is 37.3 Å². The van der Waals surface area contributed by atoms with Gasteiger partial charge in [0.25, 0.3) is 5.91 Å². The molecule has 0 bridgehead atoms. The average Bonchev–Trinajstić information content (AvgIpc) is 3.43. The molecule has 2 aliphatic heterocycles. The maximum Gasteiger partial charge on any atom is 0.419 e. The van der Waals surface area contributed by atoms with Crippen molar-refractivity contribution in [1.29, 1.82) is 0 Å². The highest BCUT2D eigenvalue weighted by molar-refractivity contribution is 6.31. The second kappa shape index (κ2) is 9.82. The van der Waals surface area contributed by atoms with Gasteiger partial charge in [-0.2, -0.15) is 13.2 Å². The van der Waals surface area contributed by atoms with Crippen LogP contribution in [-0.4, -0.2) is 64.1 Å². The molecule has 0 radical (unpaired) electrons. The van der Waals surface area contributed by atoms with Crippen molar-refractivity contribution in [3.05, 3.63) is 60.1 Å². The van der Waals surface area contributed by atoms with Crippen molar-refractivity contribution in [3.63, 3.8) is 0 Å². The quantitative estimate of drug-likeness (QED) is 0.377. The van der Waals surface area contributed by atoms with Crippen LogP contribution in [0.15, 0.2) is 37.3 Å². The van der Waals surface area contributed by atoms with Crippen molar-refractivity contribution in [2.24, 2.45) is 0 Å². The summed E-state index contributed by atoms with van der Waals surface area (Å²) in [6, 6.07) is 2.98. The average molecular weight is 530 g/mol. The summed E-state index contributed by atoms with van der Waals surface area (Å²) in [4.78, 5) is 29.5. The number of fused-ring (bicyclic) bond motifs is 1. The number of carbonyl (C=O) groups excluding carboxylic acids is 1. The summed E-state index contributed by atoms with van der Waals surface area (Å²) in [7, 11) is 3.89. The highest BCUT2D eigenvalue weighted by atomic mass is 19.4. The Balaban J connectivity index is 1.41. The minimum Gasteiger partial charge on any atom is -0.356 e. The first-order valence-corrected chi connectivity index (χ1v) is 12.2. The first-order chi connectivity index (χ1) is 18.0. The summed E-state index contributed by atoms with van der Waals surface area (Å²) < 4.78 is 55.8. The van der Waals surface area contributed by atoms with Crippen LogP contribution in [0.2, 0.25) is 0 Å². The van der Waals surface area contributed by atoms with Gasteiger partial charge in [-0.05, 0) is 45.1 Å². The smallest absolute Gasteiger partial charge is 0.356 e. The van der Waals surface area contributed by atoms with Crippen molar-refractivity contribution >= 4 is 23.1 Å². The maximum absolute atomic E-state index is 13.9. The number of carbonyl (C=O) groups is 1. The van der Waals surface area contributed by atoms with Gasteiger partial charge in [-0.25, -0.2) is 19.3 Å². The number of hydrogen-bond donors (Lipinski definition) is 1. The van der Waals surface area contributed by atoms with Crippen LogP contribution < -0.4 is 10.2 Å². The fourth-order valence-electron chi connectivity index (χ4n) is 4.92. The number of alkyl halides is 3. The van der Waals surface area contributed by atoms with Gasteiger partial charge in [-0.1, -0.05) is 6.58 Å². The van der Waals surface area contributed by atoms with Crippen LogP contribution in [0, 0.1) is 5.82 Å². The zero-order valence-electron chi connectivity index (χ0n) is 21.0. The number of piperidine rings is 1. The van der Waals surface area contributed by atoms with Gasteiger partial charge in [-0.15, -0.1) is 0 Å². The Labute approximate surface area is 217 Å². The van der Waals surface area contributed by atoms with Crippen LogP contribution >= 0.6 is 0 Å². The molecule has 0 unspecified atom stereocenters. The second-order valence-corrected chi connectivity index (χ2v) is 9.79. The Kier molecular flexibility index (Phi) is 6.68. The van der Waals surface area contributed by atoms with Crippen LogP contribution in [-0.2, 0) is 17.5 Å². The van der Waals surface area contributed by atoms with Crippen molar-refractivity contribution in [2.75, 3.05) is 43.9 Å². The van der Waals surface area contributed by atoms with Crippen LogP contribution in [0.3, 0.4) is 0 Å². The number of rotatable bonds is 6. The summed E-state index contributed by atoms with van der Waals surface area (Å²) in [5.74, 6) is 0.349. The Hall–Kier alpha value is -3.80. The Morgan fingerprint density at radius 3 is 2.61 bits per heavy atom. The van der Waals surface area contributed by atoms with Crippen molar-refractivity contribution in [3.8, 4) is 11.3 Å². The standard InChI is InChI=1S/C26H27F4N7O/c1-15-21-22(34-25(15)38)31-14-32-24(21)36-8-6-16(7-9-36)23-33-20(13-37(23)11-10-35(2)3)17-4-5-19(27)18(12-17)26(28,29)30/h4-5,12-14,16H,1,6-11H2,2-3H3,(H,31,32,34,38). The molecule has 0 atom stereocenters. The number of anilines is 2. The third-order valence-corrected chi connectivity index (χ3v) is 6.96. The minimum atomic E-state index is -4.80. The van der Waals surface area contributed by atoms with Gasteiger partial charge in [0, 0.05) is 49.4 Å². The minimum absolute atomic E-state index is 0.0579. The molecule has 2 aromatic heterocycles. The lowest BCUT2D eigenvalue weighted by molar-refractivity contribution is -0.139. The molecule has 0 spiro atoms. The van der Waals surface area contributed by atoms with Gasteiger partial charge in [0.05, 0.1) is 16.8 Å². The predicted octanol–water partition coefficient (Wildman–Crippen LogP) is 4.41. The third kappa shape index (κ3) is 4.87. The number of hydrogen-bond acceptors (Lipinski definition) is 6. The molecule has 0 saturated carbocycles. The van der Waals surface area contributed by atoms with E-state index < -0.39 is 17.6 Å². The second-order valence-electron chi connectivity index (χ2n) is 9.79. The Morgan fingerprint density at radius 1 is 1.18 bits per heavy atom. The SMILES string of the molecule is C=C1C(=O)Nc2ncnc(N3CCC(c4nc(-c5ccc(F)c(C(F)(F)F)c5)cn4CCN(C)C)CC3)c21. The molecular weight excluding hydrogens is 502 g/mol. The zero-order valence-corrected chi connectivity index (χ0v) is 21.0. The molecule has 2 aliphatic rings. The Bertz CT molecular complexity index is 1390. The highest BCUT2D eigenvalue weighted by Crippen LogP contribution is 2.39. The lowest BCUT2D eigenvalue weighted by Gasteiger charge is -2.33. The predicted molar refractivity (Wildman–Crippen MR) is 135 cm³/mol. The normalized spacial score (nSPS) is 16.3. The number of amides is 1. The van der Waals surface area contributed by atoms with E-state index in [4.69, 9.17) is 4.98 Å². The molecule has 5 rings (SSSR count). The molecule has 0 aliphatic carbocycles. The number of halogens is 4. The molecule has 3 aromatic rings. The zero-order chi connectivity index (χ0) is 27.2.